The van der Waals surface area contributed by atoms with Crippen molar-refractivity contribution in [3.63, 3.8) is 0 Å². The van der Waals surface area contributed by atoms with Gasteiger partial charge in [0.25, 0.3) is 0 Å². The minimum Gasteiger partial charge on any atom is -0.496 e. The van der Waals surface area contributed by atoms with E-state index in [9.17, 15) is 9.59 Å². The maximum absolute atomic E-state index is 12.7. The molecule has 1 saturated carbocycles. The van der Waals surface area contributed by atoms with E-state index in [0.717, 1.165) is 42.2 Å². The van der Waals surface area contributed by atoms with E-state index in [2.05, 4.69) is 28.8 Å². The highest BCUT2D eigenvalue weighted by Gasteiger charge is 2.38. The third-order valence-corrected chi connectivity index (χ3v) is 7.01. The molecule has 1 aliphatic carbocycles. The molecule has 2 aliphatic rings. The maximum atomic E-state index is 12.7. The lowest BCUT2D eigenvalue weighted by Gasteiger charge is -2.30. The van der Waals surface area contributed by atoms with Crippen molar-refractivity contribution >= 4 is 22.6 Å². The molecule has 2 aromatic rings. The smallest absolute Gasteiger partial charge is 0.220 e. The molecule has 31 heavy (non-hydrogen) atoms. The van der Waals surface area contributed by atoms with Crippen molar-refractivity contribution < 1.29 is 14.3 Å². The zero-order valence-corrected chi connectivity index (χ0v) is 18.5. The first-order chi connectivity index (χ1) is 15.1. The van der Waals surface area contributed by atoms with Crippen molar-refractivity contribution in [3.05, 3.63) is 42.0 Å². The fourth-order valence-corrected chi connectivity index (χ4v) is 5.29. The number of benzene rings is 2. The highest BCUT2D eigenvalue weighted by molar-refractivity contribution is 5.91. The van der Waals surface area contributed by atoms with Gasteiger partial charge in [-0.15, -0.1) is 0 Å². The van der Waals surface area contributed by atoms with E-state index in [4.69, 9.17) is 4.74 Å². The number of carbonyl (C=O) groups excluding carboxylic acids is 2. The summed E-state index contributed by atoms with van der Waals surface area (Å²) < 4.78 is 5.53. The molecule has 0 aromatic heterocycles. The predicted octanol–water partition coefficient (Wildman–Crippen LogP) is 4.66. The fourth-order valence-electron chi connectivity index (χ4n) is 5.29. The van der Waals surface area contributed by atoms with E-state index in [1.807, 2.05) is 18.2 Å². The maximum Gasteiger partial charge on any atom is 0.220 e. The largest absolute Gasteiger partial charge is 0.496 e. The molecule has 5 nitrogen and oxygen atoms in total. The third kappa shape index (κ3) is 5.20. The molecule has 1 saturated heterocycles. The molecule has 2 fully saturated rings. The van der Waals surface area contributed by atoms with Crippen molar-refractivity contribution in [1.29, 1.82) is 0 Å². The summed E-state index contributed by atoms with van der Waals surface area (Å²) in [5.74, 6) is 1.06. The molecule has 1 aliphatic heterocycles. The quantitative estimate of drug-likeness (QED) is 0.638. The summed E-state index contributed by atoms with van der Waals surface area (Å²) in [7, 11) is 1.69. The molecule has 2 amide bonds. The van der Waals surface area contributed by atoms with Gasteiger partial charge in [0.05, 0.1) is 7.11 Å². The number of fused-ring (bicyclic) bond motifs is 1. The molecule has 1 atom stereocenters. The number of rotatable bonds is 7. The van der Waals surface area contributed by atoms with Crippen molar-refractivity contribution in [1.82, 2.24) is 10.6 Å². The third-order valence-electron chi connectivity index (χ3n) is 7.01. The number of amides is 2. The number of carbonyl (C=O) groups is 2. The molecule has 2 aromatic carbocycles. The summed E-state index contributed by atoms with van der Waals surface area (Å²) >= 11 is 0. The van der Waals surface area contributed by atoms with Crippen molar-refractivity contribution in [3.8, 4) is 5.75 Å². The van der Waals surface area contributed by atoms with Crippen LogP contribution in [0.1, 0.15) is 69.8 Å². The van der Waals surface area contributed by atoms with Gasteiger partial charge in [-0.3, -0.25) is 9.59 Å². The van der Waals surface area contributed by atoms with Crippen LogP contribution in [0.5, 0.6) is 5.75 Å². The fraction of sp³-hybridized carbons (Fsp3) is 0.538. The summed E-state index contributed by atoms with van der Waals surface area (Å²) in [5, 5.41) is 8.70. The van der Waals surface area contributed by atoms with Gasteiger partial charge in [-0.2, -0.15) is 0 Å². The van der Waals surface area contributed by atoms with Crippen LogP contribution >= 0.6 is 0 Å². The van der Waals surface area contributed by atoms with E-state index in [-0.39, 0.29) is 17.4 Å². The summed E-state index contributed by atoms with van der Waals surface area (Å²) in [6.45, 7) is 0. The number of nitrogens with one attached hydrogen (secondary N) is 2. The van der Waals surface area contributed by atoms with Crippen LogP contribution in [-0.4, -0.2) is 30.5 Å². The van der Waals surface area contributed by atoms with Gasteiger partial charge in [0.15, 0.2) is 0 Å². The zero-order valence-electron chi connectivity index (χ0n) is 18.5. The highest BCUT2D eigenvalue weighted by atomic mass is 16.5. The summed E-state index contributed by atoms with van der Waals surface area (Å²) in [4.78, 5) is 24.9. The number of ether oxygens (including phenoxy) is 1. The lowest BCUT2D eigenvalue weighted by molar-refractivity contribution is -0.123. The zero-order chi connectivity index (χ0) is 21.7. The van der Waals surface area contributed by atoms with Gasteiger partial charge < -0.3 is 15.4 Å². The standard InChI is InChI=1S/C26H34N2O3/c1-31-23-13-12-19(21-10-6-7-11-22(21)23)18-26(17-15-25(30)28-26)16-14-24(29)27-20-8-4-2-3-5-9-20/h6-7,10-13,20H,2-5,8-9,14-18H2,1H3,(H,27,29)(H,28,30)/t26-/m0/s1. The SMILES string of the molecule is COc1ccc(C[C@]2(CCC(=O)NC3CCCCCC3)CCC(=O)N2)c2ccccc12. The molecule has 1 heterocycles. The van der Waals surface area contributed by atoms with E-state index in [1.54, 1.807) is 7.11 Å². The van der Waals surface area contributed by atoms with Crippen LogP contribution in [0.4, 0.5) is 0 Å². The van der Waals surface area contributed by atoms with E-state index >= 15 is 0 Å². The lowest BCUT2D eigenvalue weighted by Crippen LogP contribution is -2.45. The second-order valence-electron chi connectivity index (χ2n) is 9.23. The van der Waals surface area contributed by atoms with Crippen LogP contribution < -0.4 is 15.4 Å². The molecule has 166 valence electrons. The topological polar surface area (TPSA) is 67.4 Å². The number of hydrogen-bond acceptors (Lipinski definition) is 3. The Bertz CT molecular complexity index is 933. The molecular weight excluding hydrogens is 388 g/mol. The average Bonchev–Trinajstić information content (AvgIpc) is 2.97. The Kier molecular flexibility index (Phi) is 6.79. The van der Waals surface area contributed by atoms with Crippen LogP contribution in [0.3, 0.4) is 0 Å². The van der Waals surface area contributed by atoms with Crippen molar-refractivity contribution in [2.24, 2.45) is 0 Å². The number of methoxy groups -OCH3 is 1. The summed E-state index contributed by atoms with van der Waals surface area (Å²) in [5.41, 5.74) is 0.817. The molecule has 0 radical (unpaired) electrons. The van der Waals surface area contributed by atoms with Crippen LogP contribution in [0.2, 0.25) is 0 Å². The highest BCUT2D eigenvalue weighted by Crippen LogP contribution is 2.35. The Morgan fingerprint density at radius 2 is 1.84 bits per heavy atom. The first kappa shape index (κ1) is 21.7. The predicted molar refractivity (Wildman–Crippen MR) is 123 cm³/mol. The molecule has 5 heteroatoms. The van der Waals surface area contributed by atoms with Crippen LogP contribution in [-0.2, 0) is 16.0 Å². The molecule has 0 spiro atoms. The molecule has 2 N–H and O–H groups in total. The first-order valence-corrected chi connectivity index (χ1v) is 11.7. The first-order valence-electron chi connectivity index (χ1n) is 11.7. The molecule has 4 rings (SSSR count). The van der Waals surface area contributed by atoms with Gasteiger partial charge in [0.2, 0.25) is 11.8 Å². The Hall–Kier alpha value is -2.56. The molecule has 0 bridgehead atoms. The van der Waals surface area contributed by atoms with Gasteiger partial charge >= 0.3 is 0 Å². The monoisotopic (exact) mass is 422 g/mol. The van der Waals surface area contributed by atoms with Gasteiger partial charge in [0.1, 0.15) is 5.75 Å². The molecular formula is C26H34N2O3. The Morgan fingerprint density at radius 3 is 2.52 bits per heavy atom. The van der Waals surface area contributed by atoms with Gasteiger partial charge in [-0.05, 0) is 49.1 Å². The van der Waals surface area contributed by atoms with E-state index in [1.165, 1.54) is 31.2 Å². The minimum atomic E-state index is -0.366. The minimum absolute atomic E-state index is 0.0852. The number of hydrogen-bond donors (Lipinski definition) is 2. The lowest BCUT2D eigenvalue weighted by atomic mass is 9.83. The van der Waals surface area contributed by atoms with Crippen LogP contribution in [0.15, 0.2) is 36.4 Å². The van der Waals surface area contributed by atoms with Gasteiger partial charge in [0, 0.05) is 29.8 Å². The summed E-state index contributed by atoms with van der Waals surface area (Å²) in [6.07, 6.45) is 10.3. The van der Waals surface area contributed by atoms with E-state index < -0.39 is 0 Å². The van der Waals surface area contributed by atoms with Crippen molar-refractivity contribution in [2.75, 3.05) is 7.11 Å². The van der Waals surface area contributed by atoms with E-state index in [0.29, 0.717) is 25.3 Å². The normalized spacial score (nSPS) is 22.2. The second kappa shape index (κ2) is 9.71. The second-order valence-corrected chi connectivity index (χ2v) is 9.23. The van der Waals surface area contributed by atoms with Crippen LogP contribution in [0.25, 0.3) is 10.8 Å². The Labute approximate surface area is 184 Å². The van der Waals surface area contributed by atoms with Crippen LogP contribution in [0, 0.1) is 0 Å². The van der Waals surface area contributed by atoms with Gasteiger partial charge in [-0.1, -0.05) is 56.0 Å². The average molecular weight is 423 g/mol. The molecule has 0 unspecified atom stereocenters. The Morgan fingerprint density at radius 1 is 1.10 bits per heavy atom. The van der Waals surface area contributed by atoms with Gasteiger partial charge in [-0.25, -0.2) is 0 Å². The Balaban J connectivity index is 1.48. The summed E-state index contributed by atoms with van der Waals surface area (Å²) in [6, 6.07) is 12.6. The van der Waals surface area contributed by atoms with Crippen molar-refractivity contribution in [2.45, 2.75) is 82.2 Å².